The highest BCUT2D eigenvalue weighted by Gasteiger charge is 2.21. The van der Waals surface area contributed by atoms with E-state index in [-0.39, 0.29) is 5.91 Å². The summed E-state index contributed by atoms with van der Waals surface area (Å²) in [4.78, 5) is 23.2. The van der Waals surface area contributed by atoms with E-state index < -0.39 is 0 Å². The van der Waals surface area contributed by atoms with Crippen LogP contribution in [0.25, 0.3) is 6.08 Å². The van der Waals surface area contributed by atoms with Gasteiger partial charge < -0.3 is 13.8 Å². The normalized spacial score (nSPS) is 15.5. The molecule has 4 rings (SSSR count). The zero-order chi connectivity index (χ0) is 21.5. The quantitative estimate of drug-likeness (QED) is 0.553. The second-order valence-electron chi connectivity index (χ2n) is 7.67. The molecule has 0 unspecified atom stereocenters. The van der Waals surface area contributed by atoms with Gasteiger partial charge in [-0.3, -0.25) is 14.6 Å². The fourth-order valence-electron chi connectivity index (χ4n) is 3.53. The average molecular weight is 422 g/mol. The minimum atomic E-state index is -0.201. The van der Waals surface area contributed by atoms with E-state index in [1.54, 1.807) is 18.0 Å². The lowest BCUT2D eigenvalue weighted by atomic mass is 10.2. The highest BCUT2D eigenvalue weighted by Crippen LogP contribution is 2.12. The molecule has 0 saturated carbocycles. The van der Waals surface area contributed by atoms with Gasteiger partial charge in [0.15, 0.2) is 5.69 Å². The molecule has 162 valence electrons. The third kappa shape index (κ3) is 5.90. The lowest BCUT2D eigenvalue weighted by Crippen LogP contribution is -2.45. The Labute approximate surface area is 181 Å². The molecular weight excluding hydrogens is 394 g/mol. The second kappa shape index (κ2) is 10.2. The largest absolute Gasteiger partial charge is 0.447 e. The van der Waals surface area contributed by atoms with Crippen LogP contribution in [-0.4, -0.2) is 70.5 Å². The van der Waals surface area contributed by atoms with E-state index in [2.05, 4.69) is 56.4 Å². The van der Waals surface area contributed by atoms with E-state index in [0.717, 1.165) is 32.7 Å². The van der Waals surface area contributed by atoms with Crippen molar-refractivity contribution < 1.29 is 13.7 Å². The van der Waals surface area contributed by atoms with Crippen molar-refractivity contribution in [3.05, 3.63) is 77.8 Å². The minimum absolute atomic E-state index is 0.201. The molecule has 1 amide bonds. The van der Waals surface area contributed by atoms with Crippen molar-refractivity contribution in [2.75, 3.05) is 39.8 Å². The molecule has 0 bridgehead atoms. The van der Waals surface area contributed by atoms with E-state index in [0.29, 0.717) is 30.4 Å². The number of carbonyl (C=O) groups is 1. The molecule has 1 aliphatic rings. The van der Waals surface area contributed by atoms with E-state index in [4.69, 9.17) is 8.94 Å². The lowest BCUT2D eigenvalue weighted by Gasteiger charge is -2.33. The van der Waals surface area contributed by atoms with E-state index in [1.807, 2.05) is 6.07 Å². The summed E-state index contributed by atoms with van der Waals surface area (Å²) in [6.07, 6.45) is 7.30. The summed E-state index contributed by atoms with van der Waals surface area (Å²) >= 11 is 0. The van der Waals surface area contributed by atoms with Gasteiger partial charge in [-0.1, -0.05) is 47.6 Å². The molecule has 2 aromatic heterocycles. The van der Waals surface area contributed by atoms with Crippen LogP contribution >= 0.6 is 0 Å². The van der Waals surface area contributed by atoms with Gasteiger partial charge in [-0.2, -0.15) is 0 Å². The molecule has 1 aromatic carbocycles. The van der Waals surface area contributed by atoms with Gasteiger partial charge in [0.25, 0.3) is 5.91 Å². The molecule has 3 heterocycles. The Bertz CT molecular complexity index is 976. The maximum atomic E-state index is 12.5. The fourth-order valence-corrected chi connectivity index (χ4v) is 3.53. The zero-order valence-electron chi connectivity index (χ0n) is 17.7. The Morgan fingerprint density at radius 3 is 2.65 bits per heavy atom. The number of carbonyl (C=O) groups excluding carboxylic acids is 1. The van der Waals surface area contributed by atoms with Crippen LogP contribution < -0.4 is 0 Å². The molecule has 1 saturated heterocycles. The van der Waals surface area contributed by atoms with Crippen LogP contribution in [0.2, 0.25) is 0 Å². The van der Waals surface area contributed by atoms with Crippen molar-refractivity contribution >= 4 is 12.0 Å². The maximum Gasteiger partial charge on any atom is 0.275 e. The summed E-state index contributed by atoms with van der Waals surface area (Å²) in [5.41, 5.74) is 2.23. The first kappa shape index (κ1) is 21.0. The van der Waals surface area contributed by atoms with Gasteiger partial charge in [-0.15, -0.1) is 0 Å². The molecule has 3 aromatic rings. The first-order valence-electron chi connectivity index (χ1n) is 10.4. The molecule has 8 heteroatoms. The van der Waals surface area contributed by atoms with Gasteiger partial charge in [0.2, 0.25) is 5.89 Å². The van der Waals surface area contributed by atoms with Gasteiger partial charge >= 0.3 is 0 Å². The van der Waals surface area contributed by atoms with Crippen molar-refractivity contribution in [2.24, 2.45) is 0 Å². The number of piperazine rings is 1. The number of oxazole rings is 1. The Balaban J connectivity index is 1.21. The fraction of sp³-hybridized carbons (Fsp3) is 0.348. The first-order valence-corrected chi connectivity index (χ1v) is 10.4. The monoisotopic (exact) mass is 421 g/mol. The van der Waals surface area contributed by atoms with Crippen molar-refractivity contribution in [2.45, 2.75) is 13.1 Å². The van der Waals surface area contributed by atoms with Gasteiger partial charge in [0, 0.05) is 45.8 Å². The summed E-state index contributed by atoms with van der Waals surface area (Å²) in [6.45, 7) is 5.77. The molecule has 8 nitrogen and oxygen atoms in total. The van der Waals surface area contributed by atoms with Gasteiger partial charge in [0.1, 0.15) is 18.2 Å². The molecule has 0 N–H and O–H groups in total. The van der Waals surface area contributed by atoms with Crippen LogP contribution in [-0.2, 0) is 13.1 Å². The molecule has 0 atom stereocenters. The standard InChI is InChI=1S/C23H27N5O3/c1-26(16-20-9-15-31-25-20)23(29)21-18-30-22(24-21)17-28-13-11-27(12-14-28)10-5-8-19-6-3-2-4-7-19/h2-9,15,18H,10-14,16-17H2,1H3. The van der Waals surface area contributed by atoms with Crippen molar-refractivity contribution in [3.8, 4) is 0 Å². The number of rotatable bonds is 8. The van der Waals surface area contributed by atoms with Crippen LogP contribution in [0.1, 0.15) is 27.6 Å². The molecule has 0 aliphatic carbocycles. The Morgan fingerprint density at radius 2 is 1.90 bits per heavy atom. The Hall–Kier alpha value is -3.23. The molecule has 1 aliphatic heterocycles. The Kier molecular flexibility index (Phi) is 6.91. The van der Waals surface area contributed by atoms with E-state index in [1.165, 1.54) is 18.1 Å². The van der Waals surface area contributed by atoms with Crippen molar-refractivity contribution in [1.29, 1.82) is 0 Å². The van der Waals surface area contributed by atoms with Gasteiger partial charge in [-0.05, 0) is 5.56 Å². The summed E-state index contributed by atoms with van der Waals surface area (Å²) < 4.78 is 10.4. The topological polar surface area (TPSA) is 78.9 Å². The van der Waals surface area contributed by atoms with Crippen LogP contribution in [0.4, 0.5) is 0 Å². The predicted molar refractivity (Wildman–Crippen MR) is 116 cm³/mol. The maximum absolute atomic E-state index is 12.5. The van der Waals surface area contributed by atoms with Crippen molar-refractivity contribution in [1.82, 2.24) is 24.8 Å². The number of hydrogen-bond acceptors (Lipinski definition) is 7. The number of nitrogens with zero attached hydrogens (tertiary/aromatic N) is 5. The Morgan fingerprint density at radius 1 is 1.13 bits per heavy atom. The second-order valence-corrected chi connectivity index (χ2v) is 7.67. The van der Waals surface area contributed by atoms with Gasteiger partial charge in [0.05, 0.1) is 13.1 Å². The lowest BCUT2D eigenvalue weighted by molar-refractivity contribution is 0.0776. The van der Waals surface area contributed by atoms with Crippen molar-refractivity contribution in [3.63, 3.8) is 0 Å². The molecule has 31 heavy (non-hydrogen) atoms. The SMILES string of the molecule is CN(Cc1ccon1)C(=O)c1coc(CN2CCN(CC=Cc3ccccc3)CC2)n1. The number of aromatic nitrogens is 2. The van der Waals surface area contributed by atoms with Crippen LogP contribution in [0.5, 0.6) is 0 Å². The third-order valence-corrected chi connectivity index (χ3v) is 5.31. The zero-order valence-corrected chi connectivity index (χ0v) is 17.7. The molecule has 0 radical (unpaired) electrons. The van der Waals surface area contributed by atoms with Crippen LogP contribution in [0.3, 0.4) is 0 Å². The van der Waals surface area contributed by atoms with Crippen LogP contribution in [0, 0.1) is 0 Å². The van der Waals surface area contributed by atoms with Crippen LogP contribution in [0.15, 0.2) is 63.9 Å². The predicted octanol–water partition coefficient (Wildman–Crippen LogP) is 2.77. The summed E-state index contributed by atoms with van der Waals surface area (Å²) in [7, 11) is 1.71. The first-order chi connectivity index (χ1) is 15.2. The smallest absolute Gasteiger partial charge is 0.275 e. The van der Waals surface area contributed by atoms with E-state index in [9.17, 15) is 4.79 Å². The van der Waals surface area contributed by atoms with E-state index >= 15 is 0 Å². The average Bonchev–Trinajstić information content (AvgIpc) is 3.47. The summed E-state index contributed by atoms with van der Waals surface area (Å²) in [5, 5.41) is 3.83. The summed E-state index contributed by atoms with van der Waals surface area (Å²) in [5.74, 6) is 0.364. The number of benzene rings is 1. The molecule has 1 fully saturated rings. The minimum Gasteiger partial charge on any atom is -0.447 e. The molecule has 0 spiro atoms. The van der Waals surface area contributed by atoms with Gasteiger partial charge in [-0.25, -0.2) is 4.98 Å². The highest BCUT2D eigenvalue weighted by molar-refractivity contribution is 5.91. The summed E-state index contributed by atoms with van der Waals surface area (Å²) in [6, 6.07) is 12.1. The molecular formula is C23H27N5O3. The highest BCUT2D eigenvalue weighted by atomic mass is 16.5. The number of amides is 1. The number of hydrogen-bond donors (Lipinski definition) is 0. The third-order valence-electron chi connectivity index (χ3n) is 5.31.